The van der Waals surface area contributed by atoms with Gasteiger partial charge >= 0.3 is 0 Å². The number of halogens is 3. The standard InChI is InChI=1S/C14H14ClF2NO3S2/c1-21-12(13-4-5-14(15)22-13)7-18-23(19,20)8-9-6-10(16)2-3-11(9)17/h2-6,12,18H,7-8H2,1H3. The highest BCUT2D eigenvalue weighted by atomic mass is 35.5. The second-order valence-corrected chi connectivity index (χ2v) is 8.26. The lowest BCUT2D eigenvalue weighted by Crippen LogP contribution is -2.30. The predicted molar refractivity (Wildman–Crippen MR) is 86.1 cm³/mol. The van der Waals surface area contributed by atoms with Crippen LogP contribution in [0.1, 0.15) is 16.5 Å². The molecule has 0 fully saturated rings. The van der Waals surface area contributed by atoms with E-state index in [0.29, 0.717) is 4.34 Å². The molecule has 2 aromatic rings. The van der Waals surface area contributed by atoms with Crippen molar-refractivity contribution in [2.24, 2.45) is 0 Å². The lowest BCUT2D eigenvalue weighted by Gasteiger charge is -2.15. The zero-order chi connectivity index (χ0) is 17.0. The molecule has 126 valence electrons. The zero-order valence-corrected chi connectivity index (χ0v) is 14.4. The molecule has 0 bridgehead atoms. The third-order valence-electron chi connectivity index (χ3n) is 3.04. The molecule has 1 unspecified atom stereocenters. The van der Waals surface area contributed by atoms with E-state index in [0.717, 1.165) is 23.1 Å². The van der Waals surface area contributed by atoms with Crippen LogP contribution in [0, 0.1) is 11.6 Å². The van der Waals surface area contributed by atoms with Gasteiger partial charge < -0.3 is 4.74 Å². The van der Waals surface area contributed by atoms with Crippen LogP contribution >= 0.6 is 22.9 Å². The average molecular weight is 382 g/mol. The van der Waals surface area contributed by atoms with Crippen LogP contribution in [-0.2, 0) is 20.5 Å². The molecule has 23 heavy (non-hydrogen) atoms. The fraction of sp³-hybridized carbons (Fsp3) is 0.286. The molecule has 2 rings (SSSR count). The zero-order valence-electron chi connectivity index (χ0n) is 12.1. The molecule has 0 aliphatic carbocycles. The highest BCUT2D eigenvalue weighted by Gasteiger charge is 2.19. The molecule has 4 nitrogen and oxygen atoms in total. The molecular formula is C14H14ClF2NO3S2. The summed E-state index contributed by atoms with van der Waals surface area (Å²) in [5.74, 6) is -2.12. The maximum Gasteiger partial charge on any atom is 0.215 e. The Bertz CT molecular complexity index is 780. The fourth-order valence-corrected chi connectivity index (χ4v) is 4.19. The summed E-state index contributed by atoms with van der Waals surface area (Å²) in [7, 11) is -2.40. The second-order valence-electron chi connectivity index (χ2n) is 4.71. The Morgan fingerprint density at radius 3 is 2.65 bits per heavy atom. The first-order chi connectivity index (χ1) is 10.8. The maximum absolute atomic E-state index is 13.5. The molecule has 0 saturated heterocycles. The van der Waals surface area contributed by atoms with Crippen molar-refractivity contribution in [2.45, 2.75) is 11.9 Å². The van der Waals surface area contributed by atoms with E-state index in [1.807, 2.05) is 0 Å². The minimum absolute atomic E-state index is 0.0351. The summed E-state index contributed by atoms with van der Waals surface area (Å²) in [5.41, 5.74) is -0.231. The first-order valence-corrected chi connectivity index (χ1v) is 9.34. The van der Waals surface area contributed by atoms with Crippen molar-refractivity contribution in [1.29, 1.82) is 0 Å². The minimum Gasteiger partial charge on any atom is -0.375 e. The third kappa shape index (κ3) is 5.22. The van der Waals surface area contributed by atoms with Gasteiger partial charge in [-0.05, 0) is 30.3 Å². The molecule has 0 spiro atoms. The van der Waals surface area contributed by atoms with Crippen LogP contribution in [0.25, 0.3) is 0 Å². The number of nitrogens with one attached hydrogen (secondary N) is 1. The molecular weight excluding hydrogens is 368 g/mol. The van der Waals surface area contributed by atoms with Crippen molar-refractivity contribution < 1.29 is 21.9 Å². The van der Waals surface area contributed by atoms with Gasteiger partial charge in [-0.25, -0.2) is 21.9 Å². The largest absolute Gasteiger partial charge is 0.375 e. The van der Waals surface area contributed by atoms with Gasteiger partial charge in [-0.2, -0.15) is 0 Å². The van der Waals surface area contributed by atoms with Crippen molar-refractivity contribution >= 4 is 33.0 Å². The molecule has 0 amide bonds. The molecule has 0 aliphatic heterocycles. The van der Waals surface area contributed by atoms with Gasteiger partial charge in [0.05, 0.1) is 10.1 Å². The van der Waals surface area contributed by atoms with Gasteiger partial charge in [0, 0.05) is 24.1 Å². The van der Waals surface area contributed by atoms with E-state index >= 15 is 0 Å². The number of hydrogen-bond acceptors (Lipinski definition) is 4. The summed E-state index contributed by atoms with van der Waals surface area (Å²) in [6, 6.07) is 6.11. The number of ether oxygens (including phenoxy) is 1. The lowest BCUT2D eigenvalue weighted by molar-refractivity contribution is 0.110. The Morgan fingerprint density at radius 1 is 1.30 bits per heavy atom. The van der Waals surface area contributed by atoms with E-state index in [-0.39, 0.29) is 12.1 Å². The summed E-state index contributed by atoms with van der Waals surface area (Å²) in [5, 5.41) is 0. The Hall–Kier alpha value is -1.06. The van der Waals surface area contributed by atoms with E-state index in [1.165, 1.54) is 18.4 Å². The second kappa shape index (κ2) is 7.67. The van der Waals surface area contributed by atoms with Crippen molar-refractivity contribution in [3.63, 3.8) is 0 Å². The van der Waals surface area contributed by atoms with E-state index < -0.39 is 33.5 Å². The van der Waals surface area contributed by atoms with Gasteiger partial charge in [0.1, 0.15) is 17.7 Å². The van der Waals surface area contributed by atoms with Crippen molar-refractivity contribution in [2.75, 3.05) is 13.7 Å². The van der Waals surface area contributed by atoms with Crippen molar-refractivity contribution in [3.8, 4) is 0 Å². The first-order valence-electron chi connectivity index (χ1n) is 6.50. The number of hydrogen-bond donors (Lipinski definition) is 1. The molecule has 0 aliphatic rings. The summed E-state index contributed by atoms with van der Waals surface area (Å²) in [6.45, 7) is -0.0351. The van der Waals surface area contributed by atoms with E-state index in [2.05, 4.69) is 4.72 Å². The Labute approximate surface area is 142 Å². The summed E-state index contributed by atoms with van der Waals surface area (Å²) >= 11 is 7.11. The molecule has 0 radical (unpaired) electrons. The van der Waals surface area contributed by atoms with E-state index in [4.69, 9.17) is 16.3 Å². The van der Waals surface area contributed by atoms with Crippen molar-refractivity contribution in [3.05, 3.63) is 56.7 Å². The van der Waals surface area contributed by atoms with Gasteiger partial charge in [0.2, 0.25) is 10.0 Å². The normalized spacial score (nSPS) is 13.2. The number of sulfonamides is 1. The Balaban J connectivity index is 2.04. The molecule has 9 heteroatoms. The molecule has 1 aromatic heterocycles. The number of thiophene rings is 1. The Kier molecular flexibility index (Phi) is 6.10. The maximum atomic E-state index is 13.5. The monoisotopic (exact) mass is 381 g/mol. The number of benzene rings is 1. The fourth-order valence-electron chi connectivity index (χ4n) is 1.91. The van der Waals surface area contributed by atoms with Crippen LogP contribution in [0.3, 0.4) is 0 Å². The van der Waals surface area contributed by atoms with Gasteiger partial charge in [-0.1, -0.05) is 11.6 Å². The quantitative estimate of drug-likeness (QED) is 0.798. The van der Waals surface area contributed by atoms with E-state index in [1.54, 1.807) is 12.1 Å². The number of methoxy groups -OCH3 is 1. The van der Waals surface area contributed by atoms with Crippen LogP contribution in [0.15, 0.2) is 30.3 Å². The minimum atomic E-state index is -3.85. The lowest BCUT2D eigenvalue weighted by atomic mass is 10.2. The Morgan fingerprint density at radius 2 is 2.04 bits per heavy atom. The molecule has 1 N–H and O–H groups in total. The number of rotatable bonds is 7. The van der Waals surface area contributed by atoms with Crippen LogP contribution in [0.4, 0.5) is 8.78 Å². The van der Waals surface area contributed by atoms with E-state index in [9.17, 15) is 17.2 Å². The van der Waals surface area contributed by atoms with Crippen LogP contribution in [0.2, 0.25) is 4.34 Å². The summed E-state index contributed by atoms with van der Waals surface area (Å²) in [4.78, 5) is 0.761. The van der Waals surface area contributed by atoms with Crippen molar-refractivity contribution in [1.82, 2.24) is 4.72 Å². The van der Waals surface area contributed by atoms with Gasteiger partial charge in [0.25, 0.3) is 0 Å². The first kappa shape index (κ1) is 18.3. The van der Waals surface area contributed by atoms with Crippen LogP contribution in [0.5, 0.6) is 0 Å². The van der Waals surface area contributed by atoms with Gasteiger partial charge in [-0.3, -0.25) is 0 Å². The third-order valence-corrected chi connectivity index (χ3v) is 5.66. The van der Waals surface area contributed by atoms with Crippen LogP contribution in [-0.4, -0.2) is 22.1 Å². The molecule has 1 heterocycles. The molecule has 0 saturated carbocycles. The summed E-state index contributed by atoms with van der Waals surface area (Å²) in [6.07, 6.45) is -0.514. The summed E-state index contributed by atoms with van der Waals surface area (Å²) < 4.78 is 58.8. The predicted octanol–water partition coefficient (Wildman–Crippen LogP) is 3.49. The highest BCUT2D eigenvalue weighted by molar-refractivity contribution is 7.88. The molecule has 1 aromatic carbocycles. The smallest absolute Gasteiger partial charge is 0.215 e. The SMILES string of the molecule is COC(CNS(=O)(=O)Cc1cc(F)ccc1F)c1ccc(Cl)s1. The molecule has 1 atom stereocenters. The van der Waals surface area contributed by atoms with Crippen LogP contribution < -0.4 is 4.72 Å². The van der Waals surface area contributed by atoms with Gasteiger partial charge in [-0.15, -0.1) is 11.3 Å². The topological polar surface area (TPSA) is 55.4 Å². The van der Waals surface area contributed by atoms with Gasteiger partial charge in [0.15, 0.2) is 0 Å². The average Bonchev–Trinajstić information content (AvgIpc) is 2.90. The highest BCUT2D eigenvalue weighted by Crippen LogP contribution is 2.28.